The molecule has 0 bridgehead atoms. The molecule has 352 valence electrons. The second-order valence-electron chi connectivity index (χ2n) is 12.2. The molecule has 0 unspecified atom stereocenters. The van der Waals surface area contributed by atoms with Crippen molar-refractivity contribution in [1.29, 1.82) is 0 Å². The van der Waals surface area contributed by atoms with E-state index in [1.54, 1.807) is 12.1 Å². The summed E-state index contributed by atoms with van der Waals surface area (Å²) in [5.41, 5.74) is -14.3. The maximum atomic E-state index is 15.4. The molecule has 0 radical (unpaired) electrons. The number of carbonyl (C=O) groups is 2. The molecule has 4 aromatic carbocycles. The van der Waals surface area contributed by atoms with E-state index in [2.05, 4.69) is 9.47 Å². The van der Waals surface area contributed by atoms with E-state index in [1.165, 1.54) is 12.1 Å². The molecule has 0 aliphatic rings. The van der Waals surface area contributed by atoms with Gasteiger partial charge < -0.3 is 18.3 Å². The SMILES string of the molecule is Fc1c(F)c(F)c([B-](c2c(F)c(F)c(F)c(F)c2F)(c2c(F)c(F)c(F)c(F)c2F)c2c(F)c(F)c(F)c(F)c2F)c(F)c1F.O=C(OCCl)c1ccc([I+]c2ccc(C(=O)OCCl)o2)o1. The van der Waals surface area contributed by atoms with Crippen molar-refractivity contribution in [2.24, 2.45) is 0 Å². The Morgan fingerprint density at radius 2 is 0.576 bits per heavy atom. The highest BCUT2D eigenvalue weighted by atomic mass is 127. The monoisotopic (exact) mass is 1120 g/mol. The van der Waals surface area contributed by atoms with E-state index in [-0.39, 0.29) is 23.7 Å². The lowest BCUT2D eigenvalue weighted by Crippen LogP contribution is -3.61. The highest BCUT2D eigenvalue weighted by Crippen LogP contribution is 2.31. The number of benzene rings is 4. The van der Waals surface area contributed by atoms with Gasteiger partial charge in [-0.05, 0) is 12.1 Å². The van der Waals surface area contributed by atoms with E-state index in [1.807, 2.05) is 0 Å². The molecule has 0 aliphatic heterocycles. The third-order valence-corrected chi connectivity index (χ3v) is 11.3. The summed E-state index contributed by atoms with van der Waals surface area (Å²) in [5, 5.41) is 0. The summed E-state index contributed by atoms with van der Waals surface area (Å²) < 4.78 is 315. The molecule has 6 nitrogen and oxygen atoms in total. The molecule has 0 saturated heterocycles. The normalized spacial score (nSPS) is 11.5. The van der Waals surface area contributed by atoms with Gasteiger partial charge in [-0.2, -0.15) is 0 Å². The molecule has 0 saturated carbocycles. The fraction of sp³-hybridized carbons (Fsp3) is 0.0556. The Morgan fingerprint density at radius 3 is 0.773 bits per heavy atom. The van der Waals surface area contributed by atoms with Gasteiger partial charge in [0.25, 0.3) is 0 Å². The maximum absolute atomic E-state index is 15.4. The molecule has 0 fully saturated rings. The molecular weight excluding hydrogens is 1120 g/mol. The Hall–Kier alpha value is -5.65. The van der Waals surface area contributed by atoms with Gasteiger partial charge in [-0.1, -0.05) is 23.2 Å². The van der Waals surface area contributed by atoms with E-state index < -0.39 is 177 Å². The molecule has 66 heavy (non-hydrogen) atoms. The lowest BCUT2D eigenvalue weighted by atomic mass is 9.12. The van der Waals surface area contributed by atoms with Crippen LogP contribution in [-0.4, -0.2) is 30.2 Å². The van der Waals surface area contributed by atoms with Crippen LogP contribution in [0.3, 0.4) is 0 Å². The Morgan fingerprint density at radius 1 is 0.379 bits per heavy atom. The minimum atomic E-state index is -7.22. The van der Waals surface area contributed by atoms with Crippen LogP contribution in [0, 0.1) is 124 Å². The van der Waals surface area contributed by atoms with Crippen LogP contribution in [0.2, 0.25) is 0 Å². The lowest BCUT2D eigenvalue weighted by Gasteiger charge is -2.44. The van der Waals surface area contributed by atoms with Crippen molar-refractivity contribution in [2.75, 3.05) is 12.1 Å². The van der Waals surface area contributed by atoms with E-state index >= 15 is 35.1 Å². The summed E-state index contributed by atoms with van der Waals surface area (Å²) >= 11 is 9.77. The standard InChI is InChI=1S/C24BF20.C12H8Cl2IO6/c26-5-1(6(27)14(35)21(42)13(5)34)25(2-7(28)15(36)22(43)16(37)8(2)29,3-9(30)17(38)23(44)18(39)10(3)31)4-11(32)19(40)24(45)20(41)12(4)33;13-5-18-11(16)7-1-3-9(20-7)15-10-4-2-8(21-10)12(17)19-6-14/h;1-4H,5-6H2/q-1;+1. The predicted molar refractivity (Wildman–Crippen MR) is 176 cm³/mol. The molecule has 0 aliphatic carbocycles. The minimum Gasteiger partial charge on any atom is -0.443 e. The van der Waals surface area contributed by atoms with E-state index in [0.717, 1.165) is 0 Å². The number of hydrogen-bond acceptors (Lipinski definition) is 6. The van der Waals surface area contributed by atoms with Gasteiger partial charge in [-0.3, -0.25) is 0 Å². The fourth-order valence-electron chi connectivity index (χ4n) is 6.16. The Balaban J connectivity index is 0.000000324. The third kappa shape index (κ3) is 8.49. The zero-order valence-corrected chi connectivity index (χ0v) is 34.1. The van der Waals surface area contributed by atoms with Gasteiger partial charge in [-0.15, -0.1) is 21.9 Å². The van der Waals surface area contributed by atoms with Crippen LogP contribution < -0.4 is 43.1 Å². The molecule has 2 heterocycles. The van der Waals surface area contributed by atoms with E-state index in [4.69, 9.17) is 32.0 Å². The quantitative estimate of drug-likeness (QED) is 0.0341. The van der Waals surface area contributed by atoms with Gasteiger partial charge >= 0.3 is 40.7 Å². The molecule has 0 amide bonds. The lowest BCUT2D eigenvalue weighted by molar-refractivity contribution is -0.636. The van der Waals surface area contributed by atoms with E-state index in [9.17, 15) is 62.3 Å². The smallest absolute Gasteiger partial charge is 0.443 e. The third-order valence-electron chi connectivity index (χ3n) is 8.81. The molecule has 0 N–H and O–H groups in total. The fourth-order valence-corrected chi connectivity index (χ4v) is 8.29. The summed E-state index contributed by atoms with van der Waals surface area (Å²) in [6.45, 7) is 0. The summed E-state index contributed by atoms with van der Waals surface area (Å²) in [4.78, 5) is 22.8. The van der Waals surface area contributed by atoms with Crippen molar-refractivity contribution < 1.29 is 137 Å². The number of esters is 2. The zero-order valence-electron chi connectivity index (χ0n) is 30.4. The molecule has 2 aromatic heterocycles. The second-order valence-corrected chi connectivity index (χ2v) is 15.3. The number of carbonyl (C=O) groups excluding carboxylic acids is 2. The first-order chi connectivity index (χ1) is 30.8. The van der Waals surface area contributed by atoms with Gasteiger partial charge in [0.15, 0.2) is 81.9 Å². The molecular formula is C36H8BCl2F20IO6. The summed E-state index contributed by atoms with van der Waals surface area (Å²) in [6.07, 6.45) is -7.22. The average molecular weight is 1130 g/mol. The van der Waals surface area contributed by atoms with Crippen molar-refractivity contribution in [3.63, 3.8) is 0 Å². The van der Waals surface area contributed by atoms with Crippen molar-refractivity contribution in [3.05, 3.63) is 160 Å². The van der Waals surface area contributed by atoms with Crippen LogP contribution in [0.1, 0.15) is 21.1 Å². The molecule has 6 rings (SSSR count). The van der Waals surface area contributed by atoms with Gasteiger partial charge in [0.05, 0.1) is 0 Å². The van der Waals surface area contributed by atoms with Crippen LogP contribution in [0.4, 0.5) is 87.8 Å². The van der Waals surface area contributed by atoms with Crippen molar-refractivity contribution in [2.45, 2.75) is 0 Å². The molecule has 6 aromatic rings. The summed E-state index contributed by atoms with van der Waals surface area (Å²) in [5.74, 6) is -72.5. The van der Waals surface area contributed by atoms with Crippen molar-refractivity contribution >= 4 is 63.1 Å². The van der Waals surface area contributed by atoms with Crippen LogP contribution in [0.25, 0.3) is 0 Å². The number of furan rings is 2. The molecule has 0 atom stereocenters. The van der Waals surface area contributed by atoms with Crippen molar-refractivity contribution in [3.8, 4) is 0 Å². The first kappa shape index (κ1) is 51.3. The number of hydrogen-bond donors (Lipinski definition) is 0. The van der Waals surface area contributed by atoms with Crippen LogP contribution in [0.15, 0.2) is 33.1 Å². The largest absolute Gasteiger partial charge is 0.443 e. The minimum absolute atomic E-state index is 0.0682. The van der Waals surface area contributed by atoms with Gasteiger partial charge in [0.1, 0.15) is 52.7 Å². The number of rotatable bonds is 10. The van der Waals surface area contributed by atoms with E-state index in [0.29, 0.717) is 7.53 Å². The average Bonchev–Trinajstić information content (AvgIpc) is 3.97. The Labute approximate surface area is 370 Å². The Bertz CT molecular complexity index is 2510. The first-order valence-electron chi connectivity index (χ1n) is 16.4. The maximum Gasteiger partial charge on any atom is 0.443 e. The molecule has 0 spiro atoms. The molecule has 30 heteroatoms. The zero-order chi connectivity index (χ0) is 49.6. The van der Waals surface area contributed by atoms with Crippen molar-refractivity contribution in [1.82, 2.24) is 0 Å². The summed E-state index contributed by atoms with van der Waals surface area (Å²) in [6, 6.07) is 5.81. The summed E-state index contributed by atoms with van der Waals surface area (Å²) in [7, 11) is 0. The number of ether oxygens (including phenoxy) is 2. The Kier molecular flexibility index (Phi) is 15.3. The topological polar surface area (TPSA) is 78.9 Å². The second kappa shape index (κ2) is 19.7. The number of halogens is 23. The highest BCUT2D eigenvalue weighted by Gasteiger charge is 2.52. The highest BCUT2D eigenvalue weighted by molar-refractivity contribution is 7.20. The van der Waals surface area contributed by atoms with Gasteiger partial charge in [0.2, 0.25) is 11.5 Å². The first-order valence-corrected chi connectivity index (χ1v) is 19.6. The van der Waals surface area contributed by atoms with Gasteiger partial charge in [-0.25, -0.2) is 97.4 Å². The van der Waals surface area contributed by atoms with Crippen LogP contribution >= 0.6 is 23.2 Å². The van der Waals surface area contributed by atoms with Crippen LogP contribution in [-0.2, 0) is 9.47 Å². The van der Waals surface area contributed by atoms with Crippen LogP contribution in [0.5, 0.6) is 0 Å². The van der Waals surface area contributed by atoms with Gasteiger partial charge in [0, 0.05) is 12.1 Å². The predicted octanol–water partition coefficient (Wildman–Crippen LogP) is 5.55. The number of alkyl halides is 2.